The van der Waals surface area contributed by atoms with E-state index in [1.165, 1.54) is 25.7 Å². The number of rotatable bonds is 8. The van der Waals surface area contributed by atoms with Crippen LogP contribution < -0.4 is 5.32 Å². The molecule has 0 saturated heterocycles. The van der Waals surface area contributed by atoms with E-state index in [2.05, 4.69) is 32.7 Å². The zero-order valence-corrected chi connectivity index (χ0v) is 19.7. The molecule has 0 spiro atoms. The molecular formula is C25H29ClF3NS. The van der Waals surface area contributed by atoms with Gasteiger partial charge in [-0.3, -0.25) is 0 Å². The molecule has 4 unspecified atom stereocenters. The Hall–Kier alpha value is -1.59. The molecule has 0 aromatic heterocycles. The van der Waals surface area contributed by atoms with Crippen LogP contribution in [0.2, 0.25) is 5.02 Å². The Bertz CT molecular complexity index is 925. The summed E-state index contributed by atoms with van der Waals surface area (Å²) in [6, 6.07) is 7.42. The maximum absolute atomic E-state index is 13.5. The fourth-order valence-corrected chi connectivity index (χ4v) is 6.18. The van der Waals surface area contributed by atoms with Gasteiger partial charge in [0.05, 0.1) is 5.02 Å². The van der Waals surface area contributed by atoms with E-state index in [1.807, 2.05) is 30.0 Å². The van der Waals surface area contributed by atoms with Crippen LogP contribution in [0.4, 0.5) is 18.9 Å². The molecule has 168 valence electrons. The van der Waals surface area contributed by atoms with Crippen molar-refractivity contribution >= 4 is 34.7 Å². The minimum atomic E-state index is -1.49. The van der Waals surface area contributed by atoms with Gasteiger partial charge in [0.2, 0.25) is 0 Å². The zero-order chi connectivity index (χ0) is 22.7. The Morgan fingerprint density at radius 1 is 1.16 bits per heavy atom. The van der Waals surface area contributed by atoms with Gasteiger partial charge in [0.25, 0.3) is 0 Å². The average Bonchev–Trinajstić information content (AvgIpc) is 2.99. The van der Waals surface area contributed by atoms with Crippen molar-refractivity contribution < 1.29 is 13.2 Å². The van der Waals surface area contributed by atoms with E-state index in [9.17, 15) is 13.2 Å². The van der Waals surface area contributed by atoms with Crippen LogP contribution in [-0.4, -0.2) is 5.25 Å². The minimum Gasteiger partial charge on any atom is -0.355 e. The van der Waals surface area contributed by atoms with E-state index in [4.69, 9.17) is 11.6 Å². The summed E-state index contributed by atoms with van der Waals surface area (Å²) < 4.78 is 40.3. The second kappa shape index (κ2) is 10.4. The van der Waals surface area contributed by atoms with Gasteiger partial charge in [0.15, 0.2) is 17.5 Å². The van der Waals surface area contributed by atoms with Crippen molar-refractivity contribution in [1.82, 2.24) is 0 Å². The van der Waals surface area contributed by atoms with Gasteiger partial charge in [0.1, 0.15) is 0 Å². The summed E-state index contributed by atoms with van der Waals surface area (Å²) in [4.78, 5) is 0.978. The zero-order valence-electron chi connectivity index (χ0n) is 18.2. The van der Waals surface area contributed by atoms with Crippen LogP contribution in [0.25, 0.3) is 5.70 Å². The summed E-state index contributed by atoms with van der Waals surface area (Å²) in [5, 5.41) is 4.04. The average molecular weight is 468 g/mol. The molecule has 3 rings (SSSR count). The summed E-state index contributed by atoms with van der Waals surface area (Å²) in [7, 11) is 0. The quantitative estimate of drug-likeness (QED) is 0.389. The molecule has 0 heterocycles. The third-order valence-corrected chi connectivity index (χ3v) is 8.42. The summed E-state index contributed by atoms with van der Waals surface area (Å²) in [6.45, 7) is 10.9. The number of benzene rings is 2. The summed E-state index contributed by atoms with van der Waals surface area (Å²) in [5.41, 5.74) is 1.32. The maximum atomic E-state index is 13.5. The molecule has 1 N–H and O–H groups in total. The van der Waals surface area contributed by atoms with E-state index in [0.717, 1.165) is 22.6 Å². The molecule has 1 nitrogen and oxygen atoms in total. The predicted molar refractivity (Wildman–Crippen MR) is 126 cm³/mol. The van der Waals surface area contributed by atoms with Crippen LogP contribution in [0.3, 0.4) is 0 Å². The number of nitrogens with one attached hydrogen (secondary N) is 1. The van der Waals surface area contributed by atoms with Crippen LogP contribution in [0.1, 0.15) is 52.0 Å². The Morgan fingerprint density at radius 2 is 1.84 bits per heavy atom. The Morgan fingerprint density at radius 3 is 2.48 bits per heavy atom. The van der Waals surface area contributed by atoms with Gasteiger partial charge in [-0.2, -0.15) is 0 Å². The molecule has 2 aromatic carbocycles. The molecule has 1 fully saturated rings. The van der Waals surface area contributed by atoms with Crippen molar-refractivity contribution in [2.45, 2.75) is 56.6 Å². The molecule has 0 amide bonds. The van der Waals surface area contributed by atoms with Crippen LogP contribution in [0.5, 0.6) is 0 Å². The molecule has 6 heteroatoms. The van der Waals surface area contributed by atoms with Gasteiger partial charge in [-0.25, -0.2) is 13.2 Å². The molecule has 0 radical (unpaired) electrons. The van der Waals surface area contributed by atoms with Gasteiger partial charge < -0.3 is 5.32 Å². The van der Waals surface area contributed by atoms with Crippen LogP contribution >= 0.6 is 23.4 Å². The molecule has 1 aliphatic carbocycles. The van der Waals surface area contributed by atoms with Crippen molar-refractivity contribution in [3.8, 4) is 0 Å². The molecular weight excluding hydrogens is 439 g/mol. The summed E-state index contributed by atoms with van der Waals surface area (Å²) >= 11 is 8.35. The van der Waals surface area contributed by atoms with E-state index < -0.39 is 17.5 Å². The predicted octanol–water partition coefficient (Wildman–Crippen LogP) is 8.78. The summed E-state index contributed by atoms with van der Waals surface area (Å²) in [6.07, 6.45) is 4.91. The number of anilines is 1. The third-order valence-electron chi connectivity index (χ3n) is 6.31. The van der Waals surface area contributed by atoms with Crippen LogP contribution in [0.15, 0.2) is 41.8 Å². The van der Waals surface area contributed by atoms with E-state index >= 15 is 0 Å². The lowest BCUT2D eigenvalue weighted by Gasteiger charge is -2.24. The molecule has 4 atom stereocenters. The number of hydrogen-bond acceptors (Lipinski definition) is 2. The van der Waals surface area contributed by atoms with Crippen molar-refractivity contribution in [3.63, 3.8) is 0 Å². The lowest BCUT2D eigenvalue weighted by atomic mass is 9.99. The lowest BCUT2D eigenvalue weighted by Crippen LogP contribution is -2.17. The van der Waals surface area contributed by atoms with Gasteiger partial charge in [-0.05, 0) is 48.3 Å². The van der Waals surface area contributed by atoms with Crippen molar-refractivity contribution in [3.05, 3.63) is 64.9 Å². The van der Waals surface area contributed by atoms with E-state index in [-0.39, 0.29) is 5.69 Å². The second-order valence-corrected chi connectivity index (χ2v) is 10.2. The first-order valence-corrected chi connectivity index (χ1v) is 12.0. The molecule has 0 bridgehead atoms. The monoisotopic (exact) mass is 467 g/mol. The van der Waals surface area contributed by atoms with Gasteiger partial charge in [-0.1, -0.05) is 57.9 Å². The van der Waals surface area contributed by atoms with Crippen molar-refractivity contribution in [2.24, 2.45) is 17.8 Å². The van der Waals surface area contributed by atoms with Gasteiger partial charge in [0, 0.05) is 33.7 Å². The molecule has 1 aliphatic rings. The fraction of sp³-hybridized carbons (Fsp3) is 0.440. The standard InChI is InChI=1S/C25H29ClF3NS/c1-5-6-7-18-10-14(2)15(3)25(18)31-23-11-17(8-9-20(23)26)16(4)30-19-12-21(27)24(29)22(28)13-19/h8-9,11-15,18,25,30H,4-7,10H2,1-3H3. The first-order chi connectivity index (χ1) is 14.7. The topological polar surface area (TPSA) is 12.0 Å². The third kappa shape index (κ3) is 5.61. The van der Waals surface area contributed by atoms with Crippen molar-refractivity contribution in [1.29, 1.82) is 0 Å². The first-order valence-electron chi connectivity index (χ1n) is 10.8. The fourth-order valence-electron chi connectivity index (χ4n) is 4.33. The SMILES string of the molecule is C=C(Nc1cc(F)c(F)c(F)c1)c1ccc(Cl)c(SC2C(CCCC)CC(C)C2C)c1. The van der Waals surface area contributed by atoms with Crippen LogP contribution in [0, 0.1) is 35.2 Å². The van der Waals surface area contributed by atoms with Gasteiger partial charge in [-0.15, -0.1) is 11.8 Å². The normalized spacial score (nSPS) is 23.2. The first kappa shape index (κ1) is 24.1. The molecule has 0 aliphatic heterocycles. The minimum absolute atomic E-state index is 0.100. The highest BCUT2D eigenvalue weighted by Gasteiger charge is 2.38. The van der Waals surface area contributed by atoms with E-state index in [1.54, 1.807) is 0 Å². The number of thioether (sulfide) groups is 1. The molecule has 2 aromatic rings. The molecule has 31 heavy (non-hydrogen) atoms. The van der Waals surface area contributed by atoms with Crippen LogP contribution in [-0.2, 0) is 0 Å². The smallest absolute Gasteiger partial charge is 0.194 e. The number of unbranched alkanes of at least 4 members (excludes halogenated alkanes) is 1. The Kier molecular flexibility index (Phi) is 8.03. The van der Waals surface area contributed by atoms with Crippen molar-refractivity contribution in [2.75, 3.05) is 5.32 Å². The molecule has 1 saturated carbocycles. The summed E-state index contributed by atoms with van der Waals surface area (Å²) in [5.74, 6) is -2.03. The second-order valence-electron chi connectivity index (χ2n) is 8.56. The Balaban J connectivity index is 1.79. The maximum Gasteiger partial charge on any atom is 0.194 e. The largest absolute Gasteiger partial charge is 0.355 e. The Labute approximate surface area is 192 Å². The number of hydrogen-bond donors (Lipinski definition) is 1. The number of halogens is 4. The lowest BCUT2D eigenvalue weighted by molar-refractivity contribution is 0.448. The highest BCUT2D eigenvalue weighted by atomic mass is 35.5. The highest BCUT2D eigenvalue weighted by molar-refractivity contribution is 8.00. The van der Waals surface area contributed by atoms with Gasteiger partial charge >= 0.3 is 0 Å². The highest BCUT2D eigenvalue weighted by Crippen LogP contribution is 2.49. The van der Waals surface area contributed by atoms with E-state index in [0.29, 0.717) is 33.7 Å².